The van der Waals surface area contributed by atoms with Crippen LogP contribution in [-0.2, 0) is 18.9 Å². The van der Waals surface area contributed by atoms with Gasteiger partial charge in [0.25, 0.3) is 0 Å². The third-order valence-electron chi connectivity index (χ3n) is 16.4. The smallest absolute Gasteiger partial charge is 0.407 e. The van der Waals surface area contributed by atoms with Crippen molar-refractivity contribution in [1.29, 1.82) is 0 Å². The molecule has 11 unspecified atom stereocenters. The fourth-order valence-corrected chi connectivity index (χ4v) is 13.9. The summed E-state index contributed by atoms with van der Waals surface area (Å²) in [5, 5.41) is 14.1. The van der Waals surface area contributed by atoms with Gasteiger partial charge in [-0.1, -0.05) is 20.8 Å². The van der Waals surface area contributed by atoms with Crippen molar-refractivity contribution in [2.75, 3.05) is 59.1 Å². The van der Waals surface area contributed by atoms with E-state index >= 15 is 0 Å². The number of carbonyl (C=O) groups excluding carboxylic acids is 1. The van der Waals surface area contributed by atoms with Gasteiger partial charge in [-0.25, -0.2) is 4.79 Å². The van der Waals surface area contributed by atoms with E-state index in [1.54, 1.807) is 0 Å². The molecule has 0 radical (unpaired) electrons. The number of rotatable bonds is 9. The number of carbonyl (C=O) groups is 1. The molecule has 49 heavy (non-hydrogen) atoms. The molecule has 8 fully saturated rings. The second kappa shape index (κ2) is 12.6. The van der Waals surface area contributed by atoms with Crippen molar-refractivity contribution < 1.29 is 28.8 Å². The predicted octanol–water partition coefficient (Wildman–Crippen LogP) is 5.48. The van der Waals surface area contributed by atoms with Crippen molar-refractivity contribution >= 4 is 6.09 Å². The van der Waals surface area contributed by atoms with Crippen LogP contribution in [0.1, 0.15) is 106 Å². The first-order valence-corrected chi connectivity index (χ1v) is 20.3. The Labute approximate surface area is 295 Å². The molecule has 5 aliphatic carbocycles. The van der Waals surface area contributed by atoms with Crippen molar-refractivity contribution in [2.45, 2.75) is 142 Å². The van der Waals surface area contributed by atoms with Gasteiger partial charge in [0.05, 0.1) is 37.1 Å². The van der Waals surface area contributed by atoms with Crippen LogP contribution >= 0.6 is 0 Å². The Morgan fingerprint density at radius 1 is 0.959 bits per heavy atom. The Morgan fingerprint density at radius 2 is 1.71 bits per heavy atom. The van der Waals surface area contributed by atoms with Crippen molar-refractivity contribution in [1.82, 2.24) is 15.1 Å². The van der Waals surface area contributed by atoms with Crippen LogP contribution < -0.4 is 5.32 Å². The van der Waals surface area contributed by atoms with Crippen LogP contribution in [-0.4, -0.2) is 116 Å². The minimum absolute atomic E-state index is 0.0161. The van der Waals surface area contributed by atoms with Crippen molar-refractivity contribution in [3.8, 4) is 0 Å². The second-order valence-electron chi connectivity index (χ2n) is 19.2. The van der Waals surface area contributed by atoms with E-state index < -0.39 is 5.60 Å². The quantitative estimate of drug-likeness (QED) is 0.330. The molecule has 2 N–H and O–H groups in total. The number of fused-ring (bicyclic) bond motifs is 4. The molecule has 1 amide bonds. The van der Waals surface area contributed by atoms with E-state index in [0.717, 1.165) is 70.6 Å². The molecule has 278 valence electrons. The van der Waals surface area contributed by atoms with E-state index in [4.69, 9.17) is 18.9 Å². The minimum Gasteiger partial charge on any atom is -0.446 e. The molecule has 5 saturated carbocycles. The summed E-state index contributed by atoms with van der Waals surface area (Å²) in [6.45, 7) is 21.4. The zero-order valence-electron chi connectivity index (χ0n) is 31.5. The van der Waals surface area contributed by atoms with Crippen LogP contribution in [0.25, 0.3) is 0 Å². The summed E-state index contributed by atoms with van der Waals surface area (Å²) < 4.78 is 24.7. The summed E-state index contributed by atoms with van der Waals surface area (Å²) in [6.07, 6.45) is 11.9. The minimum atomic E-state index is -0.914. The van der Waals surface area contributed by atoms with Crippen LogP contribution in [0, 0.1) is 45.3 Å². The average molecular weight is 686 g/mol. The zero-order chi connectivity index (χ0) is 34.4. The molecule has 9 nitrogen and oxygen atoms in total. The Kier molecular flexibility index (Phi) is 9.00. The maximum absolute atomic E-state index is 13.1. The van der Waals surface area contributed by atoms with Crippen LogP contribution in [0.15, 0.2) is 0 Å². The molecule has 8 rings (SSSR count). The highest BCUT2D eigenvalue weighted by Crippen LogP contribution is 2.87. The van der Waals surface area contributed by atoms with E-state index in [1.807, 2.05) is 20.8 Å². The molecule has 0 aromatic rings. The first-order chi connectivity index (χ1) is 23.3. The van der Waals surface area contributed by atoms with Gasteiger partial charge in [-0.15, -0.1) is 0 Å². The lowest BCUT2D eigenvalue weighted by Gasteiger charge is -2.59. The maximum atomic E-state index is 13.1. The second-order valence-corrected chi connectivity index (χ2v) is 19.2. The summed E-state index contributed by atoms with van der Waals surface area (Å²) >= 11 is 0. The van der Waals surface area contributed by atoms with Gasteiger partial charge < -0.3 is 29.4 Å². The molecule has 8 aliphatic rings. The number of piperazine rings is 1. The van der Waals surface area contributed by atoms with Crippen LogP contribution in [0.5, 0.6) is 0 Å². The van der Waals surface area contributed by atoms with Crippen molar-refractivity contribution in [2.24, 2.45) is 45.3 Å². The lowest BCUT2D eigenvalue weighted by Crippen LogP contribution is -2.57. The number of nitrogens with one attached hydrogen (secondary N) is 1. The Balaban J connectivity index is 0.871. The van der Waals surface area contributed by atoms with E-state index in [1.165, 1.54) is 51.4 Å². The Bertz CT molecular complexity index is 1230. The Morgan fingerprint density at radius 3 is 2.41 bits per heavy atom. The molecule has 0 aromatic carbocycles. The van der Waals surface area contributed by atoms with Gasteiger partial charge in [0, 0.05) is 51.3 Å². The zero-order valence-corrected chi connectivity index (χ0v) is 31.5. The molecule has 3 heterocycles. The normalized spacial score (nSPS) is 45.5. The summed E-state index contributed by atoms with van der Waals surface area (Å²) in [7, 11) is 0. The molecule has 9 heteroatoms. The summed E-state index contributed by atoms with van der Waals surface area (Å²) in [4.78, 5) is 18.1. The van der Waals surface area contributed by atoms with E-state index in [-0.39, 0.29) is 35.9 Å². The topological polar surface area (TPSA) is 92.7 Å². The van der Waals surface area contributed by atoms with Gasteiger partial charge in [-0.05, 0) is 125 Å². The van der Waals surface area contributed by atoms with Crippen molar-refractivity contribution in [3.63, 3.8) is 0 Å². The molecule has 2 spiro atoms. The average Bonchev–Trinajstić information content (AvgIpc) is 3.60. The first kappa shape index (κ1) is 35.1. The van der Waals surface area contributed by atoms with Gasteiger partial charge in [0.2, 0.25) is 0 Å². The van der Waals surface area contributed by atoms with Crippen LogP contribution in [0.3, 0.4) is 0 Å². The fourth-order valence-electron chi connectivity index (χ4n) is 13.9. The maximum Gasteiger partial charge on any atom is 0.407 e. The Hall–Kier alpha value is -0.970. The number of hydrogen-bond donors (Lipinski definition) is 2. The van der Waals surface area contributed by atoms with E-state index in [2.05, 4.69) is 35.9 Å². The highest BCUT2D eigenvalue weighted by Gasteiger charge is 2.81. The molecule has 3 aliphatic heterocycles. The number of nitrogens with zero attached hydrogens (tertiary/aromatic N) is 2. The summed E-state index contributed by atoms with van der Waals surface area (Å²) in [5.74, 6) is 2.75. The van der Waals surface area contributed by atoms with Gasteiger partial charge in [0.1, 0.15) is 12.2 Å². The summed E-state index contributed by atoms with van der Waals surface area (Å²) in [5.41, 5.74) is 0.308. The third-order valence-corrected chi connectivity index (χ3v) is 16.4. The fraction of sp³-hybridized carbons (Fsp3) is 0.975. The summed E-state index contributed by atoms with van der Waals surface area (Å²) in [6, 6.07) is 0.613. The molecule has 11 atom stereocenters. The monoisotopic (exact) mass is 686 g/mol. The lowest BCUT2D eigenvalue weighted by atomic mass is 9.46. The number of alkyl carbamates (subject to hydrolysis) is 1. The molecular weight excluding hydrogens is 618 g/mol. The predicted molar refractivity (Wildman–Crippen MR) is 188 cm³/mol. The SMILES string of the molecule is CCOC(C1CCC2C(CC3C4CCC5C(C)(C)C(OC(=O)NCCN6CCN(C7COC7)CC6)CCC56CC46CCC23C)O1)C(C)(C)O. The van der Waals surface area contributed by atoms with Crippen molar-refractivity contribution in [3.05, 3.63) is 0 Å². The highest BCUT2D eigenvalue weighted by molar-refractivity contribution is 5.67. The number of hydrogen-bond acceptors (Lipinski definition) is 8. The molecule has 0 aromatic heterocycles. The van der Waals surface area contributed by atoms with Gasteiger partial charge >= 0.3 is 6.09 Å². The molecular formula is C40H67N3O6. The largest absolute Gasteiger partial charge is 0.446 e. The van der Waals surface area contributed by atoms with Gasteiger partial charge in [-0.2, -0.15) is 0 Å². The standard InChI is InChI=1S/C40H67N3O6/c1-7-47-34(37(4,5)45)30-10-8-28-31(48-30)22-29-27-9-11-32-36(2,3)33(12-13-40(32)25-39(27,40)15-14-38(28,29)6)49-35(44)41-16-17-42-18-20-43(21-19-42)26-23-46-24-26/h26-34,45H,7-25H2,1-6H3,(H,41,44). The number of aliphatic hydroxyl groups is 1. The first-order valence-electron chi connectivity index (χ1n) is 20.3. The van der Waals surface area contributed by atoms with Crippen LogP contribution in [0.4, 0.5) is 4.79 Å². The van der Waals surface area contributed by atoms with Crippen LogP contribution in [0.2, 0.25) is 0 Å². The molecule has 3 saturated heterocycles. The number of amides is 1. The third kappa shape index (κ3) is 5.64. The van der Waals surface area contributed by atoms with E-state index in [9.17, 15) is 9.90 Å². The molecule has 0 bridgehead atoms. The van der Waals surface area contributed by atoms with Gasteiger partial charge in [0.15, 0.2) is 0 Å². The highest BCUT2D eigenvalue weighted by atomic mass is 16.6. The van der Waals surface area contributed by atoms with E-state index in [0.29, 0.717) is 47.3 Å². The number of ether oxygens (including phenoxy) is 4. The lowest BCUT2D eigenvalue weighted by molar-refractivity contribution is -0.193. The van der Waals surface area contributed by atoms with Gasteiger partial charge in [-0.3, -0.25) is 9.80 Å².